The van der Waals surface area contributed by atoms with Gasteiger partial charge in [-0.25, -0.2) is 0 Å². The SMILES string of the molecule is CC(=O)c1c(C)[nH]c(C(=O)[C@H](C)Sc2nnnn2-c2ccccc2)c1C. The molecule has 0 fully saturated rings. The van der Waals surface area contributed by atoms with Gasteiger partial charge in [-0.3, -0.25) is 9.59 Å². The summed E-state index contributed by atoms with van der Waals surface area (Å²) in [6.07, 6.45) is 0. The summed E-state index contributed by atoms with van der Waals surface area (Å²) in [7, 11) is 0. The van der Waals surface area contributed by atoms with Gasteiger partial charge in [-0.2, -0.15) is 4.68 Å². The Morgan fingerprint density at radius 2 is 1.88 bits per heavy atom. The van der Waals surface area contributed by atoms with E-state index in [2.05, 4.69) is 20.5 Å². The van der Waals surface area contributed by atoms with Gasteiger partial charge in [0.25, 0.3) is 0 Å². The average molecular weight is 369 g/mol. The minimum absolute atomic E-state index is 0.0522. The number of tetrazole rings is 1. The molecule has 2 heterocycles. The second-order valence-corrected chi connectivity index (χ2v) is 7.32. The van der Waals surface area contributed by atoms with Crippen molar-refractivity contribution in [1.29, 1.82) is 0 Å². The largest absolute Gasteiger partial charge is 0.355 e. The Morgan fingerprint density at radius 1 is 1.19 bits per heavy atom. The van der Waals surface area contributed by atoms with Crippen LogP contribution in [0.3, 0.4) is 0 Å². The number of benzene rings is 1. The first-order valence-electron chi connectivity index (χ1n) is 8.15. The number of carbonyl (C=O) groups excluding carboxylic acids is 2. The lowest BCUT2D eigenvalue weighted by atomic mass is 10.0. The molecule has 0 bridgehead atoms. The first kappa shape index (κ1) is 18.1. The lowest BCUT2D eigenvalue weighted by Gasteiger charge is -2.10. The number of hydrogen-bond donors (Lipinski definition) is 1. The van der Waals surface area contributed by atoms with E-state index in [9.17, 15) is 9.59 Å². The molecule has 26 heavy (non-hydrogen) atoms. The van der Waals surface area contributed by atoms with Gasteiger partial charge in [0.2, 0.25) is 5.16 Å². The number of aryl methyl sites for hydroxylation is 1. The molecule has 0 saturated heterocycles. The lowest BCUT2D eigenvalue weighted by molar-refractivity contribution is 0.0988. The summed E-state index contributed by atoms with van der Waals surface area (Å²) in [5, 5.41) is 11.9. The summed E-state index contributed by atoms with van der Waals surface area (Å²) in [4.78, 5) is 27.7. The molecule has 1 N–H and O–H groups in total. The topological polar surface area (TPSA) is 93.5 Å². The van der Waals surface area contributed by atoms with Crippen LogP contribution in [-0.4, -0.2) is 42.0 Å². The van der Waals surface area contributed by atoms with Crippen LogP contribution in [0.15, 0.2) is 35.5 Å². The van der Waals surface area contributed by atoms with Crippen LogP contribution in [0.1, 0.15) is 46.0 Å². The van der Waals surface area contributed by atoms with Crippen LogP contribution < -0.4 is 0 Å². The number of carbonyl (C=O) groups is 2. The van der Waals surface area contributed by atoms with Crippen molar-refractivity contribution in [2.24, 2.45) is 0 Å². The Hall–Kier alpha value is -2.74. The summed E-state index contributed by atoms with van der Waals surface area (Å²) in [5.74, 6) is -0.144. The van der Waals surface area contributed by atoms with Crippen LogP contribution in [0.4, 0.5) is 0 Å². The number of aromatic amines is 1. The fourth-order valence-corrected chi connectivity index (χ4v) is 3.79. The van der Waals surface area contributed by atoms with E-state index in [1.165, 1.54) is 18.7 Å². The van der Waals surface area contributed by atoms with Crippen LogP contribution in [0, 0.1) is 13.8 Å². The van der Waals surface area contributed by atoms with Crippen molar-refractivity contribution >= 4 is 23.3 Å². The first-order valence-corrected chi connectivity index (χ1v) is 9.03. The zero-order valence-electron chi connectivity index (χ0n) is 15.0. The van der Waals surface area contributed by atoms with Crippen molar-refractivity contribution in [2.45, 2.75) is 38.1 Å². The number of rotatable bonds is 6. The van der Waals surface area contributed by atoms with Gasteiger partial charge < -0.3 is 4.98 Å². The quantitative estimate of drug-likeness (QED) is 0.530. The maximum Gasteiger partial charge on any atom is 0.214 e. The third kappa shape index (κ3) is 3.32. The minimum Gasteiger partial charge on any atom is -0.355 e. The van der Waals surface area contributed by atoms with Crippen molar-refractivity contribution in [3.63, 3.8) is 0 Å². The Labute approximate surface area is 155 Å². The van der Waals surface area contributed by atoms with Gasteiger partial charge in [-0.15, -0.1) is 5.10 Å². The molecule has 0 amide bonds. The zero-order valence-corrected chi connectivity index (χ0v) is 15.8. The van der Waals surface area contributed by atoms with Gasteiger partial charge in [0.05, 0.1) is 16.6 Å². The van der Waals surface area contributed by atoms with Gasteiger partial charge in [0.15, 0.2) is 11.6 Å². The van der Waals surface area contributed by atoms with E-state index in [4.69, 9.17) is 0 Å². The number of nitrogens with one attached hydrogen (secondary N) is 1. The molecule has 0 aliphatic heterocycles. The molecule has 3 rings (SSSR count). The highest BCUT2D eigenvalue weighted by Crippen LogP contribution is 2.27. The molecule has 2 aromatic heterocycles. The van der Waals surface area contributed by atoms with Crippen LogP contribution in [0.2, 0.25) is 0 Å². The van der Waals surface area contributed by atoms with Gasteiger partial charge in [-0.1, -0.05) is 30.0 Å². The summed E-state index contributed by atoms with van der Waals surface area (Å²) < 4.78 is 1.60. The maximum absolute atomic E-state index is 12.9. The van der Waals surface area contributed by atoms with Gasteiger partial charge in [-0.05, 0) is 55.8 Å². The highest BCUT2D eigenvalue weighted by atomic mass is 32.2. The van der Waals surface area contributed by atoms with E-state index in [0.717, 1.165) is 5.69 Å². The molecule has 0 unspecified atom stereocenters. The summed E-state index contributed by atoms with van der Waals surface area (Å²) in [6.45, 7) is 6.90. The summed E-state index contributed by atoms with van der Waals surface area (Å²) in [6, 6.07) is 9.49. The number of thioether (sulfide) groups is 1. The molecule has 1 atom stereocenters. The second-order valence-electron chi connectivity index (χ2n) is 6.01. The molecule has 0 radical (unpaired) electrons. The Balaban J connectivity index is 1.85. The molecular formula is C18H19N5O2S. The monoisotopic (exact) mass is 369 g/mol. The number of ketones is 2. The number of hydrogen-bond acceptors (Lipinski definition) is 6. The van der Waals surface area contributed by atoms with Crippen LogP contribution in [0.25, 0.3) is 5.69 Å². The Kier molecular flexibility index (Phi) is 5.03. The molecule has 7 nitrogen and oxygen atoms in total. The van der Waals surface area contributed by atoms with Crippen molar-refractivity contribution < 1.29 is 9.59 Å². The van der Waals surface area contributed by atoms with Crippen molar-refractivity contribution in [1.82, 2.24) is 25.2 Å². The molecule has 0 saturated carbocycles. The molecule has 0 aliphatic carbocycles. The highest BCUT2D eigenvalue weighted by Gasteiger charge is 2.26. The van der Waals surface area contributed by atoms with E-state index in [1.54, 1.807) is 25.5 Å². The van der Waals surface area contributed by atoms with Crippen molar-refractivity contribution in [3.8, 4) is 5.69 Å². The molecule has 8 heteroatoms. The van der Waals surface area contributed by atoms with Crippen molar-refractivity contribution in [3.05, 3.63) is 52.8 Å². The number of para-hydroxylation sites is 1. The van der Waals surface area contributed by atoms with Crippen LogP contribution in [0.5, 0.6) is 0 Å². The normalized spacial score (nSPS) is 12.2. The van der Waals surface area contributed by atoms with E-state index < -0.39 is 5.25 Å². The molecule has 134 valence electrons. The van der Waals surface area contributed by atoms with Gasteiger partial charge >= 0.3 is 0 Å². The number of H-pyrrole nitrogens is 1. The standard InChI is InChI=1S/C18H19N5O2S/c1-10-15(12(3)24)11(2)19-16(10)17(25)13(4)26-18-20-21-22-23(18)14-8-6-5-7-9-14/h5-9,13,19H,1-4H3/t13-/m0/s1. The highest BCUT2D eigenvalue weighted by molar-refractivity contribution is 8.00. The predicted molar refractivity (Wildman–Crippen MR) is 99.1 cm³/mol. The number of aromatic nitrogens is 5. The number of nitrogens with zero attached hydrogens (tertiary/aromatic N) is 4. The van der Waals surface area contributed by atoms with E-state index in [0.29, 0.717) is 27.7 Å². The van der Waals surface area contributed by atoms with Crippen LogP contribution in [-0.2, 0) is 0 Å². The third-order valence-electron chi connectivity index (χ3n) is 4.13. The smallest absolute Gasteiger partial charge is 0.214 e. The molecule has 1 aromatic carbocycles. The minimum atomic E-state index is -0.417. The summed E-state index contributed by atoms with van der Waals surface area (Å²) >= 11 is 1.28. The Morgan fingerprint density at radius 3 is 2.50 bits per heavy atom. The maximum atomic E-state index is 12.9. The zero-order chi connectivity index (χ0) is 18.8. The average Bonchev–Trinajstić information content (AvgIpc) is 3.19. The second kappa shape index (κ2) is 7.25. The van der Waals surface area contributed by atoms with Gasteiger partial charge in [0.1, 0.15) is 0 Å². The predicted octanol–water partition coefficient (Wildman–Crippen LogP) is 3.17. The first-order chi connectivity index (χ1) is 12.4. The fourth-order valence-electron chi connectivity index (χ4n) is 2.92. The van der Waals surface area contributed by atoms with E-state index in [-0.39, 0.29) is 11.6 Å². The summed E-state index contributed by atoms with van der Waals surface area (Å²) in [5.41, 5.74) is 3.27. The van der Waals surface area contributed by atoms with Gasteiger partial charge in [0, 0.05) is 11.3 Å². The third-order valence-corrected chi connectivity index (χ3v) is 5.16. The molecular weight excluding hydrogens is 350 g/mol. The van der Waals surface area contributed by atoms with Crippen molar-refractivity contribution in [2.75, 3.05) is 0 Å². The molecule has 3 aromatic rings. The molecule has 0 spiro atoms. The van der Waals surface area contributed by atoms with E-state index in [1.807, 2.05) is 30.3 Å². The fraction of sp³-hybridized carbons (Fsp3) is 0.278. The lowest BCUT2D eigenvalue weighted by Crippen LogP contribution is -2.16. The van der Waals surface area contributed by atoms with Crippen LogP contribution >= 0.6 is 11.8 Å². The number of Topliss-reactive ketones (excluding diaryl/α,β-unsaturated/α-hetero) is 2. The Bertz CT molecular complexity index is 961. The molecule has 0 aliphatic rings. The van der Waals surface area contributed by atoms with E-state index >= 15 is 0 Å².